The van der Waals surface area contributed by atoms with Crippen molar-refractivity contribution < 1.29 is 4.79 Å². The zero-order valence-electron chi connectivity index (χ0n) is 12.4. The van der Waals surface area contributed by atoms with Crippen molar-refractivity contribution in [2.24, 2.45) is 5.92 Å². The molecule has 1 fully saturated rings. The second kappa shape index (κ2) is 5.82. The molecule has 0 aliphatic carbocycles. The molecule has 2 atom stereocenters. The molecule has 0 aromatic carbocycles. The SMILES string of the molecule is C=C[C@@H](CCS[Si](C)(C)C(C)(C)C)[C@H]1CC(=O)N1. The highest BCUT2D eigenvalue weighted by molar-refractivity contribution is 8.29. The molecule has 18 heavy (non-hydrogen) atoms. The minimum atomic E-state index is -1.23. The van der Waals surface area contributed by atoms with E-state index in [4.69, 9.17) is 0 Å². The Morgan fingerprint density at radius 3 is 2.50 bits per heavy atom. The third-order valence-electron chi connectivity index (χ3n) is 4.29. The summed E-state index contributed by atoms with van der Waals surface area (Å²) >= 11 is 2.16. The summed E-state index contributed by atoms with van der Waals surface area (Å²) in [5, 5.41) is 3.40. The number of amides is 1. The first-order valence-electron chi connectivity index (χ1n) is 6.73. The predicted molar refractivity (Wildman–Crippen MR) is 84.5 cm³/mol. The van der Waals surface area contributed by atoms with Crippen LogP contribution in [0.15, 0.2) is 12.7 Å². The number of rotatable bonds is 6. The van der Waals surface area contributed by atoms with Gasteiger partial charge in [-0.15, -0.1) is 6.58 Å². The summed E-state index contributed by atoms with van der Waals surface area (Å²) in [7, 11) is -1.23. The summed E-state index contributed by atoms with van der Waals surface area (Å²) in [5.74, 6) is 1.81. The first kappa shape index (κ1) is 15.8. The number of carbonyl (C=O) groups excluding carboxylic acids is 1. The predicted octanol–water partition coefficient (Wildman–Crippen LogP) is 3.81. The van der Waals surface area contributed by atoms with Crippen molar-refractivity contribution in [2.75, 3.05) is 5.75 Å². The smallest absolute Gasteiger partial charge is 0.222 e. The van der Waals surface area contributed by atoms with Crippen LogP contribution >= 0.6 is 11.2 Å². The monoisotopic (exact) mass is 285 g/mol. The molecule has 104 valence electrons. The van der Waals surface area contributed by atoms with Gasteiger partial charge in [0.1, 0.15) is 7.22 Å². The second-order valence-corrected chi connectivity index (χ2v) is 15.8. The van der Waals surface area contributed by atoms with Gasteiger partial charge in [0.25, 0.3) is 0 Å². The summed E-state index contributed by atoms with van der Waals surface area (Å²) in [6, 6.07) is 0.343. The van der Waals surface area contributed by atoms with Crippen LogP contribution in [0, 0.1) is 5.92 Å². The van der Waals surface area contributed by atoms with E-state index in [2.05, 4.69) is 57.0 Å². The zero-order chi connectivity index (χ0) is 14.0. The Kier molecular flexibility index (Phi) is 5.12. The van der Waals surface area contributed by atoms with Crippen molar-refractivity contribution in [3.8, 4) is 0 Å². The molecule has 1 rings (SSSR count). The van der Waals surface area contributed by atoms with Crippen LogP contribution in [0.3, 0.4) is 0 Å². The summed E-state index contributed by atoms with van der Waals surface area (Å²) in [6.45, 7) is 15.9. The molecule has 1 heterocycles. The molecule has 0 aromatic rings. The van der Waals surface area contributed by atoms with Gasteiger partial charge in [-0.3, -0.25) is 4.79 Å². The number of hydrogen-bond acceptors (Lipinski definition) is 2. The Labute approximate surface area is 117 Å². The van der Waals surface area contributed by atoms with Crippen molar-refractivity contribution >= 4 is 24.3 Å². The summed E-state index contributed by atoms with van der Waals surface area (Å²) in [4.78, 5) is 11.0. The number of carbonyl (C=O) groups is 1. The van der Waals surface area contributed by atoms with Crippen molar-refractivity contribution in [2.45, 2.75) is 57.8 Å². The Morgan fingerprint density at radius 1 is 1.56 bits per heavy atom. The maximum Gasteiger partial charge on any atom is 0.222 e. The average molecular weight is 286 g/mol. The van der Waals surface area contributed by atoms with Crippen molar-refractivity contribution in [1.82, 2.24) is 5.32 Å². The van der Waals surface area contributed by atoms with E-state index in [-0.39, 0.29) is 5.91 Å². The minimum absolute atomic E-state index is 0.184. The molecule has 1 aliphatic rings. The standard InChI is InChI=1S/C14H27NOSSi/c1-7-11(12-10-13(16)15-12)8-9-17-18(5,6)14(2,3)4/h7,11-12H,1,8-10H2,2-6H3,(H,15,16)/t11-,12+/m0/s1. The molecule has 2 nitrogen and oxygen atoms in total. The molecule has 4 heteroatoms. The summed E-state index contributed by atoms with van der Waals surface area (Å²) < 4.78 is 0. The molecule has 1 aliphatic heterocycles. The molecule has 0 aromatic heterocycles. The van der Waals surface area contributed by atoms with E-state index in [1.54, 1.807) is 0 Å². The number of hydrogen-bond donors (Lipinski definition) is 1. The van der Waals surface area contributed by atoms with Gasteiger partial charge in [-0.1, -0.05) is 39.9 Å². The number of nitrogens with one attached hydrogen (secondary N) is 1. The lowest BCUT2D eigenvalue weighted by atomic mass is 9.89. The fourth-order valence-corrected chi connectivity index (χ4v) is 6.31. The van der Waals surface area contributed by atoms with Gasteiger partial charge >= 0.3 is 0 Å². The van der Waals surface area contributed by atoms with Crippen LogP contribution in [0.1, 0.15) is 33.6 Å². The summed E-state index contributed by atoms with van der Waals surface area (Å²) in [6.07, 6.45) is 3.82. The third-order valence-corrected chi connectivity index (χ3v) is 13.7. The molecular weight excluding hydrogens is 258 g/mol. The fraction of sp³-hybridized carbons (Fsp3) is 0.786. The first-order valence-corrected chi connectivity index (χ1v) is 11.4. The Balaban J connectivity index is 2.36. The number of β-lactam (4-membered cyclic amide) rings is 1. The highest BCUT2D eigenvalue weighted by atomic mass is 32.4. The molecule has 1 saturated heterocycles. The minimum Gasteiger partial charge on any atom is -0.352 e. The fourth-order valence-electron chi connectivity index (χ4n) is 1.79. The maximum atomic E-state index is 11.0. The first-order chi connectivity index (χ1) is 8.17. The quantitative estimate of drug-likeness (QED) is 0.457. The van der Waals surface area contributed by atoms with Gasteiger partial charge in [-0.05, 0) is 23.1 Å². The Hall–Kier alpha value is -0.223. The molecular formula is C14H27NOSSi. The van der Waals surface area contributed by atoms with Crippen LogP contribution in [0.5, 0.6) is 0 Å². The molecule has 0 unspecified atom stereocenters. The topological polar surface area (TPSA) is 29.1 Å². The molecule has 1 N–H and O–H groups in total. The van der Waals surface area contributed by atoms with Gasteiger partial charge in [0.15, 0.2) is 0 Å². The molecule has 0 bridgehead atoms. The van der Waals surface area contributed by atoms with E-state index in [1.807, 2.05) is 6.08 Å². The van der Waals surface area contributed by atoms with Crippen LogP contribution in [0.4, 0.5) is 0 Å². The van der Waals surface area contributed by atoms with Gasteiger partial charge in [0.2, 0.25) is 5.91 Å². The largest absolute Gasteiger partial charge is 0.352 e. The van der Waals surface area contributed by atoms with Crippen LogP contribution in [0.25, 0.3) is 0 Å². The van der Waals surface area contributed by atoms with Crippen molar-refractivity contribution in [3.63, 3.8) is 0 Å². The van der Waals surface area contributed by atoms with Crippen molar-refractivity contribution in [1.29, 1.82) is 0 Å². The summed E-state index contributed by atoms with van der Waals surface area (Å²) in [5.41, 5.74) is 0. The third kappa shape index (κ3) is 3.89. The van der Waals surface area contributed by atoms with E-state index in [0.717, 1.165) is 6.42 Å². The van der Waals surface area contributed by atoms with Gasteiger partial charge < -0.3 is 5.32 Å². The van der Waals surface area contributed by atoms with Gasteiger partial charge in [0.05, 0.1) is 0 Å². The highest BCUT2D eigenvalue weighted by Gasteiger charge is 2.36. The van der Waals surface area contributed by atoms with Crippen LogP contribution in [0.2, 0.25) is 18.1 Å². The molecule has 0 spiro atoms. The zero-order valence-corrected chi connectivity index (χ0v) is 14.2. The normalized spacial score (nSPS) is 22.1. The Morgan fingerprint density at radius 2 is 2.11 bits per heavy atom. The Bertz CT molecular complexity index is 314. The maximum absolute atomic E-state index is 11.0. The second-order valence-electron chi connectivity index (χ2n) is 6.68. The lowest BCUT2D eigenvalue weighted by Gasteiger charge is -2.37. The molecule has 1 amide bonds. The molecule has 0 radical (unpaired) electrons. The highest BCUT2D eigenvalue weighted by Crippen LogP contribution is 2.43. The lowest BCUT2D eigenvalue weighted by molar-refractivity contribution is -0.129. The van der Waals surface area contributed by atoms with E-state index in [0.29, 0.717) is 23.4 Å². The van der Waals surface area contributed by atoms with Gasteiger partial charge in [-0.2, -0.15) is 11.2 Å². The van der Waals surface area contributed by atoms with Crippen molar-refractivity contribution in [3.05, 3.63) is 12.7 Å². The van der Waals surface area contributed by atoms with E-state index >= 15 is 0 Å². The van der Waals surface area contributed by atoms with Gasteiger partial charge in [-0.25, -0.2) is 0 Å². The lowest BCUT2D eigenvalue weighted by Crippen LogP contribution is -2.52. The van der Waals surface area contributed by atoms with E-state index in [9.17, 15) is 4.79 Å². The molecule has 0 saturated carbocycles. The van der Waals surface area contributed by atoms with E-state index in [1.165, 1.54) is 5.75 Å². The van der Waals surface area contributed by atoms with Crippen LogP contribution in [-0.4, -0.2) is 24.9 Å². The van der Waals surface area contributed by atoms with Gasteiger partial charge in [0, 0.05) is 12.5 Å². The van der Waals surface area contributed by atoms with Crippen LogP contribution < -0.4 is 5.32 Å². The average Bonchev–Trinajstić information content (AvgIpc) is 2.19. The van der Waals surface area contributed by atoms with Crippen LogP contribution in [-0.2, 0) is 4.79 Å². The van der Waals surface area contributed by atoms with E-state index < -0.39 is 7.22 Å².